The Labute approximate surface area is 110 Å². The van der Waals surface area contributed by atoms with Crippen LogP contribution in [0.1, 0.15) is 10.7 Å². The lowest BCUT2D eigenvalue weighted by molar-refractivity contribution is 1.14. The Hall–Kier alpha value is -0.270. The standard InChI is InChI=1S/C9H7ClIN3S/c1-4-7(15-5(2)13-4)9-12-3-6(11)8(10)14-9/h3H,1-2H3. The van der Waals surface area contributed by atoms with Crippen molar-refractivity contribution >= 4 is 45.5 Å². The van der Waals surface area contributed by atoms with Gasteiger partial charge in [-0.05, 0) is 36.4 Å². The van der Waals surface area contributed by atoms with Crippen molar-refractivity contribution in [3.8, 4) is 10.7 Å². The largest absolute Gasteiger partial charge is 0.246 e. The summed E-state index contributed by atoms with van der Waals surface area (Å²) < 4.78 is 0.858. The van der Waals surface area contributed by atoms with E-state index in [0.29, 0.717) is 11.0 Å². The lowest BCUT2D eigenvalue weighted by atomic mass is 10.4. The molecule has 2 aromatic rings. The van der Waals surface area contributed by atoms with Crippen LogP contribution in [-0.4, -0.2) is 15.0 Å². The van der Waals surface area contributed by atoms with Crippen molar-refractivity contribution in [3.05, 3.63) is 25.6 Å². The smallest absolute Gasteiger partial charge is 0.172 e. The molecular formula is C9H7ClIN3S. The van der Waals surface area contributed by atoms with E-state index in [4.69, 9.17) is 11.6 Å². The molecule has 0 fully saturated rings. The molecule has 2 heterocycles. The van der Waals surface area contributed by atoms with Gasteiger partial charge >= 0.3 is 0 Å². The first-order chi connectivity index (χ1) is 7.08. The predicted molar refractivity (Wildman–Crippen MR) is 70.3 cm³/mol. The van der Waals surface area contributed by atoms with E-state index >= 15 is 0 Å². The van der Waals surface area contributed by atoms with Crippen LogP contribution < -0.4 is 0 Å². The third-order valence-corrected chi connectivity index (χ3v) is 4.27. The summed E-state index contributed by atoms with van der Waals surface area (Å²) in [5.74, 6) is 0.656. The van der Waals surface area contributed by atoms with Crippen LogP contribution in [0.2, 0.25) is 5.15 Å². The second kappa shape index (κ2) is 4.31. The topological polar surface area (TPSA) is 38.7 Å². The van der Waals surface area contributed by atoms with Gasteiger partial charge in [0.1, 0.15) is 5.15 Å². The van der Waals surface area contributed by atoms with E-state index in [-0.39, 0.29) is 0 Å². The number of aromatic nitrogens is 3. The fourth-order valence-electron chi connectivity index (χ4n) is 1.19. The first-order valence-electron chi connectivity index (χ1n) is 4.20. The predicted octanol–water partition coefficient (Wildman–Crippen LogP) is 3.47. The Morgan fingerprint density at radius 2 is 2.07 bits per heavy atom. The number of halogens is 2. The van der Waals surface area contributed by atoms with Crippen LogP contribution in [0.5, 0.6) is 0 Å². The van der Waals surface area contributed by atoms with E-state index in [0.717, 1.165) is 19.1 Å². The summed E-state index contributed by atoms with van der Waals surface area (Å²) in [6, 6.07) is 0. The Balaban J connectivity index is 2.54. The normalized spacial score (nSPS) is 10.7. The lowest BCUT2D eigenvalue weighted by Gasteiger charge is -1.98. The highest BCUT2D eigenvalue weighted by atomic mass is 127. The van der Waals surface area contributed by atoms with Crippen LogP contribution in [0.15, 0.2) is 6.20 Å². The molecule has 2 aromatic heterocycles. The second-order valence-electron chi connectivity index (χ2n) is 2.98. The molecule has 0 unspecified atom stereocenters. The van der Waals surface area contributed by atoms with Crippen molar-refractivity contribution in [2.75, 3.05) is 0 Å². The van der Waals surface area contributed by atoms with Crippen molar-refractivity contribution in [2.45, 2.75) is 13.8 Å². The average molecular weight is 352 g/mol. The molecule has 0 aliphatic heterocycles. The van der Waals surface area contributed by atoms with Gasteiger partial charge in [-0.2, -0.15) is 0 Å². The van der Waals surface area contributed by atoms with Gasteiger partial charge in [0.15, 0.2) is 5.82 Å². The maximum atomic E-state index is 5.95. The van der Waals surface area contributed by atoms with Gasteiger partial charge in [0.05, 0.1) is 19.1 Å². The molecule has 0 aromatic carbocycles. The van der Waals surface area contributed by atoms with Gasteiger partial charge in [-0.1, -0.05) is 11.6 Å². The molecule has 0 radical (unpaired) electrons. The maximum Gasteiger partial charge on any atom is 0.172 e. The van der Waals surface area contributed by atoms with Gasteiger partial charge in [0, 0.05) is 6.20 Å². The van der Waals surface area contributed by atoms with Crippen molar-refractivity contribution in [1.29, 1.82) is 0 Å². The molecule has 0 saturated carbocycles. The second-order valence-corrected chi connectivity index (χ2v) is 5.70. The van der Waals surface area contributed by atoms with Gasteiger partial charge < -0.3 is 0 Å². The number of thiazole rings is 1. The van der Waals surface area contributed by atoms with Gasteiger partial charge in [0.2, 0.25) is 0 Å². The highest BCUT2D eigenvalue weighted by Crippen LogP contribution is 2.28. The summed E-state index contributed by atoms with van der Waals surface area (Å²) in [6.07, 6.45) is 1.72. The van der Waals surface area contributed by atoms with Gasteiger partial charge in [0.25, 0.3) is 0 Å². The van der Waals surface area contributed by atoms with E-state index in [2.05, 4.69) is 37.5 Å². The number of aryl methyl sites for hydroxylation is 2. The maximum absolute atomic E-state index is 5.95. The third-order valence-electron chi connectivity index (χ3n) is 1.81. The number of hydrogen-bond acceptors (Lipinski definition) is 4. The monoisotopic (exact) mass is 351 g/mol. The lowest BCUT2D eigenvalue weighted by Crippen LogP contribution is -1.90. The van der Waals surface area contributed by atoms with Gasteiger partial charge in [-0.25, -0.2) is 15.0 Å². The van der Waals surface area contributed by atoms with Crippen molar-refractivity contribution in [3.63, 3.8) is 0 Å². The highest BCUT2D eigenvalue weighted by Gasteiger charge is 2.11. The average Bonchev–Trinajstić information content (AvgIpc) is 2.50. The zero-order chi connectivity index (χ0) is 11.0. The molecule has 0 saturated heterocycles. The van der Waals surface area contributed by atoms with Gasteiger partial charge in [-0.15, -0.1) is 11.3 Å². The summed E-state index contributed by atoms with van der Waals surface area (Å²) in [5, 5.41) is 1.51. The first-order valence-corrected chi connectivity index (χ1v) is 6.47. The van der Waals surface area contributed by atoms with Crippen LogP contribution in [0.25, 0.3) is 10.7 Å². The number of hydrogen-bond donors (Lipinski definition) is 0. The molecule has 6 heteroatoms. The Morgan fingerprint density at radius 1 is 1.33 bits per heavy atom. The molecule has 78 valence electrons. The summed E-state index contributed by atoms with van der Waals surface area (Å²) in [6.45, 7) is 3.92. The van der Waals surface area contributed by atoms with Gasteiger partial charge in [-0.3, -0.25) is 0 Å². The molecule has 0 N–H and O–H groups in total. The third kappa shape index (κ3) is 2.29. The number of nitrogens with zero attached hydrogens (tertiary/aromatic N) is 3. The Bertz CT molecular complexity index is 512. The summed E-state index contributed by atoms with van der Waals surface area (Å²) in [5.41, 5.74) is 0.953. The minimum absolute atomic E-state index is 0.492. The fraction of sp³-hybridized carbons (Fsp3) is 0.222. The summed E-state index contributed by atoms with van der Waals surface area (Å²) in [4.78, 5) is 13.8. The molecule has 15 heavy (non-hydrogen) atoms. The minimum Gasteiger partial charge on any atom is -0.246 e. The highest BCUT2D eigenvalue weighted by molar-refractivity contribution is 14.1. The van der Waals surface area contributed by atoms with Crippen molar-refractivity contribution in [1.82, 2.24) is 15.0 Å². The molecule has 0 spiro atoms. The molecular weight excluding hydrogens is 345 g/mol. The zero-order valence-corrected chi connectivity index (χ0v) is 11.8. The van der Waals surface area contributed by atoms with Crippen molar-refractivity contribution in [2.24, 2.45) is 0 Å². The SMILES string of the molecule is Cc1nc(C)c(-c2ncc(I)c(Cl)n2)s1. The van der Waals surface area contributed by atoms with Crippen LogP contribution in [0.3, 0.4) is 0 Å². The molecule has 0 atom stereocenters. The Morgan fingerprint density at radius 3 is 2.60 bits per heavy atom. The summed E-state index contributed by atoms with van der Waals surface area (Å²) in [7, 11) is 0. The number of rotatable bonds is 1. The molecule has 0 amide bonds. The van der Waals surface area contributed by atoms with Crippen LogP contribution in [-0.2, 0) is 0 Å². The van der Waals surface area contributed by atoms with Crippen molar-refractivity contribution < 1.29 is 0 Å². The molecule has 0 aliphatic rings. The zero-order valence-electron chi connectivity index (χ0n) is 8.08. The summed E-state index contributed by atoms with van der Waals surface area (Å²) >= 11 is 9.64. The Kier molecular flexibility index (Phi) is 3.22. The van der Waals surface area contributed by atoms with Crippen LogP contribution >= 0.6 is 45.5 Å². The van der Waals surface area contributed by atoms with E-state index in [9.17, 15) is 0 Å². The van der Waals surface area contributed by atoms with Crippen LogP contribution in [0.4, 0.5) is 0 Å². The molecule has 0 bridgehead atoms. The molecule has 0 aliphatic carbocycles. The quantitative estimate of drug-likeness (QED) is 0.583. The van der Waals surface area contributed by atoms with E-state index < -0.39 is 0 Å². The molecule has 3 nitrogen and oxygen atoms in total. The molecule has 2 rings (SSSR count). The first kappa shape index (κ1) is 11.2. The van der Waals surface area contributed by atoms with E-state index in [1.54, 1.807) is 17.5 Å². The fourth-order valence-corrected chi connectivity index (χ4v) is 2.44. The van der Waals surface area contributed by atoms with E-state index in [1.807, 2.05) is 13.8 Å². The van der Waals surface area contributed by atoms with E-state index in [1.165, 1.54) is 0 Å². The minimum atomic E-state index is 0.492. The van der Waals surface area contributed by atoms with Crippen LogP contribution in [0, 0.1) is 17.4 Å².